The standard InChI is InChI=1S/C53H81N11O14S.H2O/c1-7-28(2)44-49(75)57-22-42(71)58-32-9-8-30(20-41(54)70)51(76)64-24-33(66)21-37(64)48(74)60-45(29(3)40(69)26-65)39(68)19-31(47(73)56-23-43(72)59-44)18-35-34-10-11-38(67)36(46(34)61-50(35)79-27-32)25-63-16-14-62(15-17-63)13-12-55-52(77)78-53(4,5)6;/h10-11,28-33,37,40,44-45,61,65-67,69H,7-9,12-27H2,1-6H3,(H2,54,70)(H,55,77)(H,56,73)(H,57,75)(H,58,71)(H,59,72)(H,60,74);1H2/t28-,29-,30-,31-,32+,33+,37-,40-,44-,45-;/m0./s1. The van der Waals surface area contributed by atoms with Crippen LogP contribution in [0.4, 0.5) is 4.79 Å². The van der Waals surface area contributed by atoms with Crippen LogP contribution >= 0.6 is 0 Å². The third kappa shape index (κ3) is 17.5. The van der Waals surface area contributed by atoms with E-state index >= 15 is 0 Å². The average Bonchev–Trinajstić information content (AvgIpc) is 3.96. The van der Waals surface area contributed by atoms with Crippen LogP contribution in [-0.4, -0.2) is 212 Å². The number of aromatic amines is 1. The van der Waals surface area contributed by atoms with E-state index in [1.54, 1.807) is 39.8 Å². The third-order valence-corrected chi connectivity index (χ3v) is 16.7. The lowest BCUT2D eigenvalue weighted by Crippen LogP contribution is -2.56. The van der Waals surface area contributed by atoms with Crippen molar-refractivity contribution in [1.29, 1.82) is 0 Å². The van der Waals surface area contributed by atoms with Crippen LogP contribution in [0.2, 0.25) is 0 Å². The summed E-state index contributed by atoms with van der Waals surface area (Å²) in [6.07, 6.45) is -4.24. The fourth-order valence-electron chi connectivity index (χ4n) is 10.6. The first kappa shape index (κ1) is 64.7. The van der Waals surface area contributed by atoms with Crippen molar-refractivity contribution in [3.8, 4) is 5.75 Å². The fraction of sp³-hybridized carbons (Fsp3) is 0.679. The number of ether oxygens (including phenoxy) is 1. The second-order valence-corrected chi connectivity index (χ2v) is 23.6. The minimum Gasteiger partial charge on any atom is -0.870 e. The highest BCUT2D eigenvalue weighted by Gasteiger charge is 2.44. The number of nitrogens with one attached hydrogen (secondary N) is 7. The monoisotopic (exact) mass is 1150 g/mol. The number of benzene rings is 1. The number of aliphatic hydroxyl groups excluding tert-OH is 3. The number of phenols is 1. The Bertz CT molecular complexity index is 2550. The van der Waals surface area contributed by atoms with Crippen LogP contribution in [0.1, 0.15) is 91.2 Å². The molecule has 1 aromatic heterocycles. The van der Waals surface area contributed by atoms with Crippen molar-refractivity contribution in [3.63, 3.8) is 0 Å². The smallest absolute Gasteiger partial charge is 0.407 e. The molecule has 14 N–H and O–H groups in total. The molecule has 0 spiro atoms. The minimum absolute atomic E-state index is 0. The number of nitrogens with two attached hydrogens (primary N) is 1. The first-order chi connectivity index (χ1) is 37.3. The van der Waals surface area contributed by atoms with Gasteiger partial charge in [0, 0.05) is 118 Å². The lowest BCUT2D eigenvalue weighted by Gasteiger charge is -2.34. The number of Topliss-reactive ketones (excluding diaryl/α,β-unsaturated/α-hetero) is 1. The first-order valence-electron chi connectivity index (χ1n) is 27.3. The van der Waals surface area contributed by atoms with Gasteiger partial charge in [0.25, 0.3) is 0 Å². The Morgan fingerprint density at radius 3 is 2.21 bits per heavy atom. The molecule has 10 atom stereocenters. The molecule has 26 nitrogen and oxygen atoms in total. The maximum Gasteiger partial charge on any atom is 0.407 e. The molecule has 0 saturated carbocycles. The molecular formula is C53H83N11O15S. The number of thiol groups is 1. The van der Waals surface area contributed by atoms with Gasteiger partial charge in [-0.3, -0.25) is 48.2 Å². The molecule has 4 aliphatic rings. The zero-order valence-electron chi connectivity index (χ0n) is 46.5. The Labute approximate surface area is 469 Å². The van der Waals surface area contributed by atoms with Crippen molar-refractivity contribution < 1.29 is 73.8 Å². The number of alkyl carbamates (subject to hydrolysis) is 1. The van der Waals surface area contributed by atoms with Gasteiger partial charge >= 0.3 is 6.09 Å². The SMILES string of the molecule is CC[C@H](C)[C@@H]1NC(=O)CNC(=O)[C@@H]2CC(=O)[C@H]([C@@H](C)[C@@H](O)CO)NC(=O)[C@@H]3C[C@@H](O)CN3C(=O)[C@H](CC(N)=O)CC[C@H](C[SH+]c3[nH]c4c(CN5CCN(CCNC(=O)OC(C)(C)C)CC5)c(O)ccc4c3C2)NC(=O)CNC1=O.[OH-]. The molecule has 8 amide bonds. The summed E-state index contributed by atoms with van der Waals surface area (Å²) in [5, 5.41) is 61.1. The van der Waals surface area contributed by atoms with E-state index in [0.29, 0.717) is 91.1 Å². The predicted octanol–water partition coefficient (Wildman–Crippen LogP) is -2.39. The summed E-state index contributed by atoms with van der Waals surface area (Å²) in [6, 6.07) is -1.57. The molecule has 6 rings (SSSR count). The van der Waals surface area contributed by atoms with E-state index in [1.807, 2.05) is 6.92 Å². The second-order valence-electron chi connectivity index (χ2n) is 22.5. The summed E-state index contributed by atoms with van der Waals surface area (Å²) in [5.74, 6) is -9.79. The molecule has 2 saturated heterocycles. The van der Waals surface area contributed by atoms with Gasteiger partial charge in [0.05, 0.1) is 49.5 Å². The van der Waals surface area contributed by atoms with E-state index in [1.165, 1.54) is 6.92 Å². The Morgan fingerprint density at radius 2 is 1.56 bits per heavy atom. The summed E-state index contributed by atoms with van der Waals surface area (Å²) < 4.78 is 5.36. The van der Waals surface area contributed by atoms with E-state index in [2.05, 4.69) is 46.7 Å². The maximum atomic E-state index is 14.9. The van der Waals surface area contributed by atoms with Crippen molar-refractivity contribution in [1.82, 2.24) is 51.6 Å². The van der Waals surface area contributed by atoms with Gasteiger partial charge in [-0.05, 0) is 58.1 Å². The van der Waals surface area contributed by atoms with Crippen molar-refractivity contribution in [3.05, 3.63) is 23.3 Å². The predicted molar refractivity (Wildman–Crippen MR) is 293 cm³/mol. The number of carbonyl (C=O) groups is 9. The quantitative estimate of drug-likeness (QED) is 0.0780. The number of hydrogen-bond donors (Lipinski definition) is 12. The number of aromatic hydroxyl groups is 1. The first-order valence-corrected chi connectivity index (χ1v) is 28.4. The number of nitrogens with zero attached hydrogens (tertiary/aromatic N) is 3. The summed E-state index contributed by atoms with van der Waals surface area (Å²) in [7, 11) is 0. The zero-order chi connectivity index (χ0) is 57.9. The van der Waals surface area contributed by atoms with Crippen LogP contribution in [0.5, 0.6) is 5.75 Å². The molecule has 4 aliphatic heterocycles. The second kappa shape index (κ2) is 29.0. The Balaban J connectivity index is 0.0000118. The molecule has 446 valence electrons. The van der Waals surface area contributed by atoms with Crippen LogP contribution in [0, 0.1) is 23.7 Å². The van der Waals surface area contributed by atoms with Crippen LogP contribution in [0.25, 0.3) is 10.9 Å². The van der Waals surface area contributed by atoms with E-state index in [4.69, 9.17) is 10.5 Å². The summed E-state index contributed by atoms with van der Waals surface area (Å²) in [5.41, 5.74) is 6.70. The highest BCUT2D eigenvalue weighted by Crippen LogP contribution is 2.36. The summed E-state index contributed by atoms with van der Waals surface area (Å²) in [4.78, 5) is 134. The molecule has 2 bridgehead atoms. The number of amides is 8. The number of aliphatic hydroxyl groups is 3. The van der Waals surface area contributed by atoms with Gasteiger partial charge in [-0.1, -0.05) is 27.2 Å². The number of ketones is 1. The fourth-order valence-corrected chi connectivity index (χ4v) is 11.9. The van der Waals surface area contributed by atoms with E-state index < -0.39 is 151 Å². The number of piperazine rings is 1. The molecule has 5 heterocycles. The topological polar surface area (TPSA) is 397 Å². The van der Waals surface area contributed by atoms with Crippen molar-refractivity contribution >= 4 is 75.9 Å². The number of phenolic OH excluding ortho intramolecular Hbond substituents is 1. The van der Waals surface area contributed by atoms with E-state index in [-0.39, 0.29) is 49.2 Å². The number of primary amides is 1. The number of hydrogen-bond acceptors (Lipinski definition) is 17. The average molecular weight is 1150 g/mol. The summed E-state index contributed by atoms with van der Waals surface area (Å²) >= 11 is 0.529. The van der Waals surface area contributed by atoms with Crippen LogP contribution in [0.3, 0.4) is 0 Å². The molecule has 0 aliphatic carbocycles. The van der Waals surface area contributed by atoms with Crippen LogP contribution in [-0.2, 0) is 67.8 Å². The molecule has 2 aromatic rings. The molecular weight excluding hydrogens is 1060 g/mol. The Kier molecular flexibility index (Phi) is 23.5. The highest BCUT2D eigenvalue weighted by molar-refractivity contribution is 7.78. The van der Waals surface area contributed by atoms with Crippen LogP contribution in [0.15, 0.2) is 17.2 Å². The van der Waals surface area contributed by atoms with E-state index in [9.17, 15) is 63.6 Å². The molecule has 80 heavy (non-hydrogen) atoms. The van der Waals surface area contributed by atoms with Gasteiger partial charge < -0.3 is 78.2 Å². The normalized spacial score (nSPS) is 26.0. The van der Waals surface area contributed by atoms with Gasteiger partial charge in [-0.25, -0.2) is 4.79 Å². The number of rotatable bonds is 12. The lowest BCUT2D eigenvalue weighted by atomic mass is 9.85. The Hall–Kier alpha value is -6.10. The zero-order valence-corrected chi connectivity index (χ0v) is 47.4. The van der Waals surface area contributed by atoms with Gasteiger partial charge in [-0.2, -0.15) is 0 Å². The molecule has 27 heteroatoms. The number of carbonyl (C=O) groups excluding carboxylic acids is 9. The molecule has 0 unspecified atom stereocenters. The van der Waals surface area contributed by atoms with Crippen molar-refractivity contribution in [2.24, 2.45) is 29.4 Å². The minimum atomic E-state index is -1.57. The van der Waals surface area contributed by atoms with Gasteiger partial charge in [0.1, 0.15) is 29.2 Å². The van der Waals surface area contributed by atoms with Gasteiger partial charge in [0.2, 0.25) is 46.4 Å². The van der Waals surface area contributed by atoms with Crippen molar-refractivity contribution in [2.45, 2.75) is 140 Å². The number of H-pyrrole nitrogens is 1. The number of fused-ring (bicyclic) bond motifs is 5. The van der Waals surface area contributed by atoms with Gasteiger partial charge in [0.15, 0.2) is 5.78 Å². The Morgan fingerprint density at radius 1 is 0.900 bits per heavy atom. The molecule has 2 fully saturated rings. The molecule has 1 aromatic carbocycles. The van der Waals surface area contributed by atoms with Crippen LogP contribution < -0.4 is 37.6 Å². The maximum absolute atomic E-state index is 14.9. The molecule has 0 radical (unpaired) electrons. The number of aromatic nitrogens is 1. The van der Waals surface area contributed by atoms with Crippen molar-refractivity contribution in [2.75, 3.05) is 71.3 Å². The summed E-state index contributed by atoms with van der Waals surface area (Å²) in [6.45, 7) is 11.9. The van der Waals surface area contributed by atoms with Gasteiger partial charge in [-0.15, -0.1) is 0 Å². The highest BCUT2D eigenvalue weighted by atomic mass is 32.2. The van der Waals surface area contributed by atoms with E-state index in [0.717, 1.165) is 4.90 Å². The largest absolute Gasteiger partial charge is 0.870 e. The lowest BCUT2D eigenvalue weighted by molar-refractivity contribution is -0.144. The third-order valence-electron chi connectivity index (χ3n) is 15.3.